The van der Waals surface area contributed by atoms with E-state index in [-0.39, 0.29) is 0 Å². The maximum atomic E-state index is 11.7. The van der Waals surface area contributed by atoms with Crippen LogP contribution >= 0.6 is 0 Å². The highest BCUT2D eigenvalue weighted by molar-refractivity contribution is 5.81. The van der Waals surface area contributed by atoms with Crippen LogP contribution in [0.4, 0.5) is 0 Å². The SMILES string of the molecule is C=CC(=O)OC12CC3CC(CC(O)(C3)C1(O)CC)C2. The van der Waals surface area contributed by atoms with Crippen molar-refractivity contribution in [2.75, 3.05) is 0 Å². The Bertz CT molecular complexity index is 416. The lowest BCUT2D eigenvalue weighted by Crippen LogP contribution is -2.77. The van der Waals surface area contributed by atoms with Gasteiger partial charge in [0.15, 0.2) is 0 Å². The van der Waals surface area contributed by atoms with E-state index >= 15 is 0 Å². The Morgan fingerprint density at radius 2 is 1.89 bits per heavy atom. The molecule has 4 heteroatoms. The van der Waals surface area contributed by atoms with Crippen molar-refractivity contribution in [3.63, 3.8) is 0 Å². The van der Waals surface area contributed by atoms with Crippen LogP contribution in [0.2, 0.25) is 0 Å². The first kappa shape index (κ1) is 13.1. The molecule has 3 atom stereocenters. The van der Waals surface area contributed by atoms with Crippen LogP contribution in [0.15, 0.2) is 12.7 Å². The van der Waals surface area contributed by atoms with Gasteiger partial charge in [-0.05, 0) is 50.4 Å². The van der Waals surface area contributed by atoms with Crippen LogP contribution in [-0.4, -0.2) is 33.0 Å². The predicted molar refractivity (Wildman–Crippen MR) is 69.3 cm³/mol. The molecule has 106 valence electrons. The van der Waals surface area contributed by atoms with Crippen molar-refractivity contribution in [1.29, 1.82) is 0 Å². The number of carbonyl (C=O) groups is 1. The van der Waals surface area contributed by atoms with Gasteiger partial charge >= 0.3 is 5.97 Å². The van der Waals surface area contributed by atoms with E-state index < -0.39 is 22.8 Å². The molecule has 0 spiro atoms. The van der Waals surface area contributed by atoms with Crippen LogP contribution < -0.4 is 0 Å². The molecule has 0 heterocycles. The van der Waals surface area contributed by atoms with Gasteiger partial charge in [0, 0.05) is 6.08 Å². The highest BCUT2D eigenvalue weighted by atomic mass is 16.6. The molecule has 4 bridgehead atoms. The summed E-state index contributed by atoms with van der Waals surface area (Å²) in [5.74, 6) is 0.196. The first-order valence-electron chi connectivity index (χ1n) is 7.18. The molecule has 4 saturated carbocycles. The highest BCUT2D eigenvalue weighted by Crippen LogP contribution is 2.64. The van der Waals surface area contributed by atoms with Crippen LogP contribution in [0.5, 0.6) is 0 Å². The smallest absolute Gasteiger partial charge is 0.330 e. The number of rotatable bonds is 3. The summed E-state index contributed by atoms with van der Waals surface area (Å²) in [6.07, 6.45) is 5.19. The molecule has 0 aliphatic heterocycles. The summed E-state index contributed by atoms with van der Waals surface area (Å²) < 4.78 is 5.60. The standard InChI is InChI=1S/C15H22O4/c1-3-12(16)19-14-8-10-5-11(9-14)7-13(17,6-10)15(14,18)4-2/h3,10-11,17-18H,1,4-9H2,2H3. The maximum Gasteiger partial charge on any atom is 0.330 e. The van der Waals surface area contributed by atoms with Crippen molar-refractivity contribution in [3.8, 4) is 0 Å². The topological polar surface area (TPSA) is 66.8 Å². The van der Waals surface area contributed by atoms with Crippen molar-refractivity contribution >= 4 is 5.97 Å². The van der Waals surface area contributed by atoms with Crippen molar-refractivity contribution in [2.45, 2.75) is 62.3 Å². The summed E-state index contributed by atoms with van der Waals surface area (Å²) in [7, 11) is 0. The molecule has 19 heavy (non-hydrogen) atoms. The fourth-order valence-corrected chi connectivity index (χ4v) is 5.16. The van der Waals surface area contributed by atoms with Gasteiger partial charge in [-0.1, -0.05) is 13.5 Å². The van der Waals surface area contributed by atoms with E-state index in [1.807, 2.05) is 6.92 Å². The third-order valence-electron chi connectivity index (χ3n) is 5.65. The predicted octanol–water partition coefficient (Wildman–Crippen LogP) is 1.55. The Hall–Kier alpha value is -0.870. The second kappa shape index (κ2) is 3.83. The largest absolute Gasteiger partial charge is 0.453 e. The number of ether oxygens (including phenoxy) is 1. The molecule has 4 aliphatic rings. The molecule has 0 aromatic heterocycles. The lowest BCUT2D eigenvalue weighted by molar-refractivity contribution is -0.330. The average molecular weight is 266 g/mol. The van der Waals surface area contributed by atoms with Gasteiger partial charge in [-0.3, -0.25) is 0 Å². The number of hydrogen-bond acceptors (Lipinski definition) is 4. The van der Waals surface area contributed by atoms with Crippen LogP contribution in [0.1, 0.15) is 45.4 Å². The van der Waals surface area contributed by atoms with Gasteiger partial charge in [0.25, 0.3) is 0 Å². The molecular weight excluding hydrogens is 244 g/mol. The fraction of sp³-hybridized carbons (Fsp3) is 0.800. The molecule has 2 N–H and O–H groups in total. The second-order valence-electron chi connectivity index (χ2n) is 6.65. The van der Waals surface area contributed by atoms with Gasteiger partial charge in [-0.15, -0.1) is 0 Å². The zero-order valence-electron chi connectivity index (χ0n) is 11.4. The Kier molecular flexibility index (Phi) is 2.64. The number of carbonyl (C=O) groups excluding carboxylic acids is 1. The summed E-state index contributed by atoms with van der Waals surface area (Å²) in [5, 5.41) is 22.0. The quantitative estimate of drug-likeness (QED) is 0.601. The minimum atomic E-state index is -1.33. The third-order valence-corrected chi connectivity index (χ3v) is 5.65. The van der Waals surface area contributed by atoms with Crippen LogP contribution in [-0.2, 0) is 9.53 Å². The van der Waals surface area contributed by atoms with Crippen molar-refractivity contribution in [2.24, 2.45) is 11.8 Å². The van der Waals surface area contributed by atoms with E-state index in [1.165, 1.54) is 0 Å². The minimum absolute atomic E-state index is 0.349. The van der Waals surface area contributed by atoms with Crippen LogP contribution in [0.25, 0.3) is 0 Å². The molecular formula is C15H22O4. The first-order valence-corrected chi connectivity index (χ1v) is 7.18. The molecule has 0 aromatic carbocycles. The zero-order chi connectivity index (χ0) is 13.9. The molecule has 3 unspecified atom stereocenters. The van der Waals surface area contributed by atoms with Crippen molar-refractivity contribution in [1.82, 2.24) is 0 Å². The van der Waals surface area contributed by atoms with E-state index in [0.717, 1.165) is 12.5 Å². The molecule has 0 aromatic rings. The minimum Gasteiger partial charge on any atom is -0.453 e. The molecule has 0 saturated heterocycles. The Morgan fingerprint density at radius 3 is 2.37 bits per heavy atom. The Balaban J connectivity index is 2.05. The van der Waals surface area contributed by atoms with E-state index in [4.69, 9.17) is 4.74 Å². The van der Waals surface area contributed by atoms with E-state index in [1.54, 1.807) is 0 Å². The summed E-state index contributed by atoms with van der Waals surface area (Å²) in [5.41, 5.74) is -3.36. The lowest BCUT2D eigenvalue weighted by atomic mass is 9.45. The zero-order valence-corrected chi connectivity index (χ0v) is 11.4. The lowest BCUT2D eigenvalue weighted by Gasteiger charge is -2.67. The van der Waals surface area contributed by atoms with E-state index in [2.05, 4.69) is 6.58 Å². The number of hydrogen-bond donors (Lipinski definition) is 2. The molecule has 4 aliphatic carbocycles. The van der Waals surface area contributed by atoms with E-state index in [0.29, 0.717) is 43.9 Å². The number of esters is 1. The normalized spacial score (nSPS) is 51.1. The molecule has 4 nitrogen and oxygen atoms in total. The van der Waals surface area contributed by atoms with Crippen LogP contribution in [0, 0.1) is 11.8 Å². The fourth-order valence-electron chi connectivity index (χ4n) is 5.16. The molecule has 4 rings (SSSR count). The first-order chi connectivity index (χ1) is 8.88. The Labute approximate surface area is 113 Å². The average Bonchev–Trinajstić information content (AvgIpc) is 2.34. The van der Waals surface area contributed by atoms with Gasteiger partial charge in [0.2, 0.25) is 0 Å². The van der Waals surface area contributed by atoms with E-state index in [9.17, 15) is 15.0 Å². The molecule has 4 fully saturated rings. The van der Waals surface area contributed by atoms with Gasteiger partial charge in [0.1, 0.15) is 11.2 Å². The van der Waals surface area contributed by atoms with Crippen molar-refractivity contribution in [3.05, 3.63) is 12.7 Å². The van der Waals surface area contributed by atoms with Crippen molar-refractivity contribution < 1.29 is 19.7 Å². The summed E-state index contributed by atoms with van der Waals surface area (Å²) in [6, 6.07) is 0. The molecule has 0 radical (unpaired) electrons. The molecule has 0 amide bonds. The summed E-state index contributed by atoms with van der Waals surface area (Å²) >= 11 is 0. The van der Waals surface area contributed by atoms with Gasteiger partial charge < -0.3 is 14.9 Å². The third kappa shape index (κ3) is 1.50. The monoisotopic (exact) mass is 266 g/mol. The second-order valence-corrected chi connectivity index (χ2v) is 6.65. The highest BCUT2D eigenvalue weighted by Gasteiger charge is 2.72. The Morgan fingerprint density at radius 1 is 1.32 bits per heavy atom. The van der Waals surface area contributed by atoms with Gasteiger partial charge in [-0.2, -0.15) is 0 Å². The maximum absolute atomic E-state index is 11.7. The van der Waals surface area contributed by atoms with Crippen LogP contribution in [0.3, 0.4) is 0 Å². The number of aliphatic hydroxyl groups is 2. The summed E-state index contributed by atoms with van der Waals surface area (Å²) in [4.78, 5) is 11.7. The van der Waals surface area contributed by atoms with Gasteiger partial charge in [0.05, 0.1) is 5.60 Å². The van der Waals surface area contributed by atoms with Gasteiger partial charge in [-0.25, -0.2) is 4.79 Å². The summed E-state index contributed by atoms with van der Waals surface area (Å²) in [6.45, 7) is 5.28.